The zero-order valence-corrected chi connectivity index (χ0v) is 12.4. The fourth-order valence-corrected chi connectivity index (χ4v) is 2.72. The Hall–Kier alpha value is -1.95. The second kappa shape index (κ2) is 6.67. The summed E-state index contributed by atoms with van der Waals surface area (Å²) < 4.78 is 0. The van der Waals surface area contributed by atoms with Crippen LogP contribution in [0.4, 0.5) is 5.95 Å². The Kier molecular flexibility index (Phi) is 4.45. The Morgan fingerprint density at radius 2 is 2.05 bits per heavy atom. The highest BCUT2D eigenvalue weighted by molar-refractivity contribution is 5.55. The average molecular weight is 286 g/mol. The van der Waals surface area contributed by atoms with Gasteiger partial charge in [0.05, 0.1) is 0 Å². The lowest BCUT2D eigenvalue weighted by molar-refractivity contribution is 0.384. The number of nitrogens with one attached hydrogen (secondary N) is 2. The Morgan fingerprint density at radius 3 is 2.76 bits per heavy atom. The molecule has 3 heterocycles. The van der Waals surface area contributed by atoms with Crippen LogP contribution in [0.25, 0.3) is 11.4 Å². The third-order valence-electron chi connectivity index (χ3n) is 4.01. The first-order valence-electron chi connectivity index (χ1n) is 7.65. The van der Waals surface area contributed by atoms with Gasteiger partial charge in [0.15, 0.2) is 5.82 Å². The number of aromatic nitrogens is 4. The predicted octanol–water partition coefficient (Wildman–Crippen LogP) is 1.69. The molecule has 6 heteroatoms. The van der Waals surface area contributed by atoms with Crippen molar-refractivity contribution in [2.45, 2.75) is 19.8 Å². The lowest BCUT2D eigenvalue weighted by Gasteiger charge is -2.31. The van der Waals surface area contributed by atoms with Gasteiger partial charge in [-0.15, -0.1) is 5.10 Å². The molecule has 2 aromatic heterocycles. The number of nitrogens with zero attached hydrogens (tertiary/aromatic N) is 4. The van der Waals surface area contributed by atoms with Crippen molar-refractivity contribution in [2.75, 3.05) is 31.1 Å². The normalized spacial score (nSPS) is 16.3. The standard InChI is InChI=1S/C15H22N6/c1-2-16-11-12-5-9-21(10-6-12)15-18-14(19-20-15)13-3-7-17-8-4-13/h3-4,7-8,12,16H,2,5-6,9-11H2,1H3,(H,18,19,20). The van der Waals surface area contributed by atoms with Crippen LogP contribution in [0.3, 0.4) is 0 Å². The molecule has 1 saturated heterocycles. The molecule has 0 radical (unpaired) electrons. The van der Waals surface area contributed by atoms with E-state index < -0.39 is 0 Å². The maximum absolute atomic E-state index is 4.61. The topological polar surface area (TPSA) is 69.7 Å². The van der Waals surface area contributed by atoms with Crippen molar-refractivity contribution < 1.29 is 0 Å². The van der Waals surface area contributed by atoms with E-state index in [2.05, 4.69) is 37.3 Å². The van der Waals surface area contributed by atoms with Gasteiger partial charge in [0.25, 0.3) is 0 Å². The minimum Gasteiger partial charge on any atom is -0.340 e. The number of aromatic amines is 1. The molecule has 0 saturated carbocycles. The van der Waals surface area contributed by atoms with Crippen LogP contribution < -0.4 is 10.2 Å². The summed E-state index contributed by atoms with van der Waals surface area (Å²) in [5, 5.41) is 10.8. The summed E-state index contributed by atoms with van der Waals surface area (Å²) in [5.41, 5.74) is 1.02. The van der Waals surface area contributed by atoms with Crippen LogP contribution in [-0.2, 0) is 0 Å². The number of hydrogen-bond donors (Lipinski definition) is 2. The van der Waals surface area contributed by atoms with E-state index in [1.807, 2.05) is 12.1 Å². The van der Waals surface area contributed by atoms with Crippen LogP contribution in [-0.4, -0.2) is 46.3 Å². The summed E-state index contributed by atoms with van der Waals surface area (Å²) in [6.45, 7) is 6.40. The quantitative estimate of drug-likeness (QED) is 0.875. The Balaban J connectivity index is 1.60. The Bertz CT molecular complexity index is 544. The van der Waals surface area contributed by atoms with Gasteiger partial charge in [-0.3, -0.25) is 10.1 Å². The largest absolute Gasteiger partial charge is 0.340 e. The van der Waals surface area contributed by atoms with Gasteiger partial charge in [-0.05, 0) is 44.0 Å². The highest BCUT2D eigenvalue weighted by Crippen LogP contribution is 2.22. The molecule has 0 unspecified atom stereocenters. The molecule has 6 nitrogen and oxygen atoms in total. The van der Waals surface area contributed by atoms with E-state index in [-0.39, 0.29) is 0 Å². The first kappa shape index (κ1) is 14.0. The lowest BCUT2D eigenvalue weighted by Crippen LogP contribution is -2.37. The van der Waals surface area contributed by atoms with Gasteiger partial charge in [-0.2, -0.15) is 4.98 Å². The molecule has 0 spiro atoms. The smallest absolute Gasteiger partial charge is 0.245 e. The van der Waals surface area contributed by atoms with E-state index in [9.17, 15) is 0 Å². The minimum absolute atomic E-state index is 0.778. The van der Waals surface area contributed by atoms with Crippen LogP contribution in [0.2, 0.25) is 0 Å². The van der Waals surface area contributed by atoms with Crippen LogP contribution in [0, 0.1) is 5.92 Å². The zero-order valence-electron chi connectivity index (χ0n) is 12.4. The van der Waals surface area contributed by atoms with Gasteiger partial charge in [0.2, 0.25) is 5.95 Å². The first-order valence-corrected chi connectivity index (χ1v) is 7.65. The molecule has 2 N–H and O–H groups in total. The molecule has 3 rings (SSSR count). The van der Waals surface area contributed by atoms with Crippen molar-refractivity contribution in [3.05, 3.63) is 24.5 Å². The molecule has 112 valence electrons. The highest BCUT2D eigenvalue weighted by atomic mass is 15.4. The molecule has 0 atom stereocenters. The summed E-state index contributed by atoms with van der Waals surface area (Å²) in [5.74, 6) is 2.39. The van der Waals surface area contributed by atoms with Crippen LogP contribution in [0.1, 0.15) is 19.8 Å². The van der Waals surface area contributed by atoms with E-state index in [0.29, 0.717) is 0 Å². The summed E-state index contributed by atoms with van der Waals surface area (Å²) in [6.07, 6.45) is 5.94. The molecule has 21 heavy (non-hydrogen) atoms. The second-order valence-corrected chi connectivity index (χ2v) is 5.46. The van der Waals surface area contributed by atoms with E-state index >= 15 is 0 Å². The number of rotatable bonds is 5. The summed E-state index contributed by atoms with van der Waals surface area (Å²) >= 11 is 0. The van der Waals surface area contributed by atoms with Crippen molar-refractivity contribution in [1.82, 2.24) is 25.5 Å². The molecule has 0 aliphatic carbocycles. The number of H-pyrrole nitrogens is 1. The number of hydrogen-bond acceptors (Lipinski definition) is 5. The third-order valence-corrected chi connectivity index (χ3v) is 4.01. The summed E-state index contributed by atoms with van der Waals surface area (Å²) in [4.78, 5) is 10.9. The molecule has 1 aliphatic heterocycles. The number of pyridine rings is 1. The van der Waals surface area contributed by atoms with Gasteiger partial charge in [-0.1, -0.05) is 6.92 Å². The molecular formula is C15H22N6. The zero-order chi connectivity index (χ0) is 14.5. The molecule has 1 aliphatic rings. The van der Waals surface area contributed by atoms with E-state index in [4.69, 9.17) is 0 Å². The van der Waals surface area contributed by atoms with Crippen LogP contribution in [0.5, 0.6) is 0 Å². The first-order chi connectivity index (χ1) is 10.4. The summed E-state index contributed by atoms with van der Waals surface area (Å²) in [7, 11) is 0. The van der Waals surface area contributed by atoms with E-state index in [1.165, 1.54) is 12.8 Å². The third kappa shape index (κ3) is 3.39. The van der Waals surface area contributed by atoms with Crippen molar-refractivity contribution >= 4 is 5.95 Å². The SMILES string of the molecule is CCNCC1CCN(c2n[nH]c(-c3ccncc3)n2)CC1. The molecule has 0 bridgehead atoms. The number of anilines is 1. The number of piperidine rings is 1. The lowest BCUT2D eigenvalue weighted by atomic mass is 9.97. The fourth-order valence-electron chi connectivity index (χ4n) is 2.72. The highest BCUT2D eigenvalue weighted by Gasteiger charge is 2.21. The van der Waals surface area contributed by atoms with Gasteiger partial charge in [-0.25, -0.2) is 0 Å². The van der Waals surface area contributed by atoms with Crippen molar-refractivity contribution in [3.63, 3.8) is 0 Å². The maximum atomic E-state index is 4.61. The van der Waals surface area contributed by atoms with Crippen LogP contribution in [0.15, 0.2) is 24.5 Å². The van der Waals surface area contributed by atoms with Crippen LogP contribution >= 0.6 is 0 Å². The van der Waals surface area contributed by atoms with Gasteiger partial charge < -0.3 is 10.2 Å². The Labute approximate surface area is 125 Å². The second-order valence-electron chi connectivity index (χ2n) is 5.46. The van der Waals surface area contributed by atoms with Gasteiger partial charge in [0, 0.05) is 31.0 Å². The Morgan fingerprint density at radius 1 is 1.29 bits per heavy atom. The summed E-state index contributed by atoms with van der Waals surface area (Å²) in [6, 6.07) is 3.87. The molecular weight excluding hydrogens is 264 g/mol. The molecule has 2 aromatic rings. The molecule has 0 aromatic carbocycles. The fraction of sp³-hybridized carbons (Fsp3) is 0.533. The van der Waals surface area contributed by atoms with Crippen molar-refractivity contribution in [3.8, 4) is 11.4 Å². The molecule has 0 amide bonds. The molecule has 1 fully saturated rings. The van der Waals surface area contributed by atoms with Crippen molar-refractivity contribution in [1.29, 1.82) is 0 Å². The maximum Gasteiger partial charge on any atom is 0.245 e. The monoisotopic (exact) mass is 286 g/mol. The predicted molar refractivity (Wildman–Crippen MR) is 83.1 cm³/mol. The van der Waals surface area contributed by atoms with Gasteiger partial charge in [0.1, 0.15) is 0 Å². The van der Waals surface area contributed by atoms with E-state index in [0.717, 1.165) is 49.4 Å². The van der Waals surface area contributed by atoms with Gasteiger partial charge >= 0.3 is 0 Å². The average Bonchev–Trinajstić information content (AvgIpc) is 3.04. The van der Waals surface area contributed by atoms with E-state index in [1.54, 1.807) is 12.4 Å². The minimum atomic E-state index is 0.778. The van der Waals surface area contributed by atoms with Crippen molar-refractivity contribution in [2.24, 2.45) is 5.92 Å².